The molecule has 1 fully saturated rings. The lowest BCUT2D eigenvalue weighted by molar-refractivity contribution is -0.142. The van der Waals surface area contributed by atoms with Crippen molar-refractivity contribution in [1.29, 1.82) is 0 Å². The molecule has 2 rings (SSSR count). The minimum absolute atomic E-state index is 0.0797. The summed E-state index contributed by atoms with van der Waals surface area (Å²) < 4.78 is 4.87. The minimum atomic E-state index is -0.291. The summed E-state index contributed by atoms with van der Waals surface area (Å²) in [7, 11) is 0. The Bertz CT molecular complexity index is 475. The van der Waals surface area contributed by atoms with Crippen LogP contribution in [0.2, 0.25) is 0 Å². The number of nitrogens with zero attached hydrogens (tertiary/aromatic N) is 2. The molecule has 2 heterocycles. The summed E-state index contributed by atoms with van der Waals surface area (Å²) in [5, 5.41) is 2.46. The number of carbonyl (C=O) groups is 2. The molecule has 0 aromatic carbocycles. The van der Waals surface area contributed by atoms with Gasteiger partial charge in [0.05, 0.1) is 18.7 Å². The molecule has 1 atom stereocenters. The van der Waals surface area contributed by atoms with Crippen molar-refractivity contribution in [2.24, 2.45) is 5.92 Å². The van der Waals surface area contributed by atoms with Crippen molar-refractivity contribution in [2.75, 3.05) is 23.8 Å². The van der Waals surface area contributed by atoms with Gasteiger partial charge in [0.25, 0.3) is 0 Å². The van der Waals surface area contributed by atoms with Crippen molar-refractivity contribution in [3.63, 3.8) is 0 Å². The Balaban J connectivity index is 2.01. The summed E-state index contributed by atoms with van der Waals surface area (Å²) in [5.41, 5.74) is 0.653. The minimum Gasteiger partial charge on any atom is -0.466 e. The van der Waals surface area contributed by atoms with Crippen LogP contribution in [-0.2, 0) is 20.7 Å². The van der Waals surface area contributed by atoms with Gasteiger partial charge in [-0.05, 0) is 18.6 Å². The van der Waals surface area contributed by atoms with E-state index in [1.807, 2.05) is 0 Å². The van der Waals surface area contributed by atoms with Gasteiger partial charge < -0.3 is 4.74 Å². The average molecular weight is 300 g/mol. The number of amides is 1. The second-order valence-electron chi connectivity index (χ2n) is 4.36. The molecule has 7 heteroatoms. The van der Waals surface area contributed by atoms with Gasteiger partial charge in [-0.15, -0.1) is 11.3 Å². The third-order valence-electron chi connectivity index (χ3n) is 2.86. The van der Waals surface area contributed by atoms with E-state index in [0.717, 1.165) is 0 Å². The highest BCUT2D eigenvalue weighted by Crippen LogP contribution is 2.28. The first-order chi connectivity index (χ1) is 9.13. The van der Waals surface area contributed by atoms with E-state index in [1.165, 1.54) is 11.3 Å². The molecule has 1 aliphatic rings. The summed E-state index contributed by atoms with van der Waals surface area (Å²) >= 11 is 5.61. The van der Waals surface area contributed by atoms with Crippen LogP contribution in [0.1, 0.15) is 19.0 Å². The Morgan fingerprint density at radius 3 is 3.11 bits per heavy atom. The molecule has 0 spiro atoms. The van der Waals surface area contributed by atoms with Gasteiger partial charge in [0, 0.05) is 18.3 Å². The topological polar surface area (TPSA) is 59.5 Å². The molecule has 1 amide bonds. The van der Waals surface area contributed by atoms with E-state index in [0.29, 0.717) is 36.2 Å². The maximum absolute atomic E-state index is 11.8. The maximum atomic E-state index is 11.8. The predicted octanol–water partition coefficient (Wildman–Crippen LogP) is 1.53. The number of carbonyl (C=O) groups excluding carboxylic acids is 2. The lowest BCUT2D eigenvalue weighted by atomic mass is 10.1. The lowest BCUT2D eigenvalue weighted by Gasteiger charge is -2.11. The molecule has 0 N–H and O–H groups in total. The first kappa shape index (κ1) is 14.3. The summed E-state index contributed by atoms with van der Waals surface area (Å²) in [6.07, 6.45) is 0.679. The Hall–Kier alpha value is -1.08. The highest BCUT2D eigenvalue weighted by molar-refractivity contribution is 7.80. The monoisotopic (exact) mass is 300 g/mol. The molecule has 0 saturated carbocycles. The third-order valence-corrected chi connectivity index (χ3v) is 4.29. The zero-order chi connectivity index (χ0) is 13.8. The van der Waals surface area contributed by atoms with E-state index in [4.69, 9.17) is 4.74 Å². The van der Waals surface area contributed by atoms with Crippen molar-refractivity contribution in [3.05, 3.63) is 11.1 Å². The Kier molecular flexibility index (Phi) is 4.81. The number of ether oxygens (including phenoxy) is 1. The molecule has 1 aromatic heterocycles. The summed E-state index contributed by atoms with van der Waals surface area (Å²) in [5.74, 6) is 0.771. The number of esters is 1. The second-order valence-corrected chi connectivity index (χ2v) is 5.56. The molecule has 1 unspecified atom stereocenters. The number of hydrogen-bond acceptors (Lipinski definition) is 6. The highest BCUT2D eigenvalue weighted by atomic mass is 32.1. The van der Waals surface area contributed by atoms with Crippen LogP contribution < -0.4 is 4.90 Å². The maximum Gasteiger partial charge on any atom is 0.311 e. The quantitative estimate of drug-likeness (QED) is 0.662. The summed E-state index contributed by atoms with van der Waals surface area (Å²) in [6.45, 7) is 2.80. The van der Waals surface area contributed by atoms with Crippen LogP contribution in [0.4, 0.5) is 5.13 Å². The molecule has 0 bridgehead atoms. The Morgan fingerprint density at radius 2 is 2.47 bits per heavy atom. The van der Waals surface area contributed by atoms with E-state index >= 15 is 0 Å². The molecular formula is C12H16N2O3S2. The fourth-order valence-electron chi connectivity index (χ4n) is 1.95. The van der Waals surface area contributed by atoms with Crippen LogP contribution in [-0.4, -0.2) is 35.8 Å². The van der Waals surface area contributed by atoms with Gasteiger partial charge in [-0.2, -0.15) is 12.6 Å². The Labute approximate surface area is 121 Å². The SMILES string of the molecule is CCOC(=O)Cc1csc(N2CC(CS)CC2=O)n1. The molecule has 1 saturated heterocycles. The number of hydrogen-bond donors (Lipinski definition) is 1. The van der Waals surface area contributed by atoms with Crippen LogP contribution in [0.3, 0.4) is 0 Å². The molecule has 1 aromatic rings. The number of thiazole rings is 1. The molecular weight excluding hydrogens is 284 g/mol. The highest BCUT2D eigenvalue weighted by Gasteiger charge is 2.31. The summed E-state index contributed by atoms with van der Waals surface area (Å²) in [4.78, 5) is 29.2. The van der Waals surface area contributed by atoms with E-state index < -0.39 is 0 Å². The van der Waals surface area contributed by atoms with E-state index in [2.05, 4.69) is 17.6 Å². The molecule has 0 radical (unpaired) electrons. The van der Waals surface area contributed by atoms with Crippen LogP contribution in [0.5, 0.6) is 0 Å². The van der Waals surface area contributed by atoms with Crippen LogP contribution >= 0.6 is 24.0 Å². The fourth-order valence-corrected chi connectivity index (χ4v) is 3.05. The van der Waals surface area contributed by atoms with Gasteiger partial charge >= 0.3 is 5.97 Å². The summed E-state index contributed by atoms with van der Waals surface area (Å²) in [6, 6.07) is 0. The first-order valence-electron chi connectivity index (χ1n) is 6.15. The molecule has 5 nitrogen and oxygen atoms in total. The predicted molar refractivity (Wildman–Crippen MR) is 76.8 cm³/mol. The third kappa shape index (κ3) is 3.48. The zero-order valence-corrected chi connectivity index (χ0v) is 12.4. The number of thiol groups is 1. The molecule has 0 aliphatic carbocycles. The first-order valence-corrected chi connectivity index (χ1v) is 7.66. The largest absolute Gasteiger partial charge is 0.466 e. The molecule has 19 heavy (non-hydrogen) atoms. The van der Waals surface area contributed by atoms with E-state index in [9.17, 15) is 9.59 Å². The zero-order valence-electron chi connectivity index (χ0n) is 10.7. The molecule has 1 aliphatic heterocycles. The van der Waals surface area contributed by atoms with Crippen LogP contribution in [0.25, 0.3) is 0 Å². The van der Waals surface area contributed by atoms with Gasteiger partial charge in [0.2, 0.25) is 5.91 Å². The van der Waals surface area contributed by atoms with Crippen LogP contribution in [0.15, 0.2) is 5.38 Å². The van der Waals surface area contributed by atoms with Gasteiger partial charge in [0.1, 0.15) is 0 Å². The van der Waals surface area contributed by atoms with Crippen molar-refractivity contribution < 1.29 is 14.3 Å². The number of rotatable bonds is 5. The van der Waals surface area contributed by atoms with Crippen LogP contribution in [0, 0.1) is 5.92 Å². The van der Waals surface area contributed by atoms with Crippen molar-refractivity contribution in [3.8, 4) is 0 Å². The van der Waals surface area contributed by atoms with Gasteiger partial charge in [-0.25, -0.2) is 4.98 Å². The average Bonchev–Trinajstić information content (AvgIpc) is 2.96. The van der Waals surface area contributed by atoms with Gasteiger partial charge in [0.15, 0.2) is 5.13 Å². The van der Waals surface area contributed by atoms with Crippen molar-refractivity contribution >= 4 is 41.0 Å². The standard InChI is InChI=1S/C12H16N2O3S2/c1-2-17-11(16)4-9-7-19-12(13-9)14-5-8(6-18)3-10(14)15/h7-8,18H,2-6H2,1H3. The second kappa shape index (κ2) is 6.38. The van der Waals surface area contributed by atoms with Gasteiger partial charge in [-0.1, -0.05) is 0 Å². The number of anilines is 1. The number of aromatic nitrogens is 1. The molecule has 104 valence electrons. The normalized spacial score (nSPS) is 18.9. The van der Waals surface area contributed by atoms with Gasteiger partial charge in [-0.3, -0.25) is 14.5 Å². The fraction of sp³-hybridized carbons (Fsp3) is 0.583. The van der Waals surface area contributed by atoms with Crippen molar-refractivity contribution in [1.82, 2.24) is 4.98 Å². The Morgan fingerprint density at radius 1 is 1.68 bits per heavy atom. The van der Waals surface area contributed by atoms with Crippen molar-refractivity contribution in [2.45, 2.75) is 19.8 Å². The smallest absolute Gasteiger partial charge is 0.311 e. The lowest BCUT2D eigenvalue weighted by Crippen LogP contribution is -2.24. The van der Waals surface area contributed by atoms with E-state index in [-0.39, 0.29) is 24.2 Å². The van der Waals surface area contributed by atoms with E-state index in [1.54, 1.807) is 17.2 Å².